The van der Waals surface area contributed by atoms with E-state index < -0.39 is 5.82 Å². The molecule has 1 saturated heterocycles. The summed E-state index contributed by atoms with van der Waals surface area (Å²) >= 11 is 0. The van der Waals surface area contributed by atoms with Crippen molar-refractivity contribution >= 4 is 5.91 Å². The summed E-state index contributed by atoms with van der Waals surface area (Å²) in [7, 11) is 0. The third-order valence-corrected chi connectivity index (χ3v) is 3.33. The minimum Gasteiger partial charge on any atom is -0.334 e. The number of nitrogens with zero attached hydrogens (tertiary/aromatic N) is 1. The number of halogens is 1. The predicted molar refractivity (Wildman–Crippen MR) is 64.2 cm³/mol. The van der Waals surface area contributed by atoms with Crippen LogP contribution in [0.15, 0.2) is 18.2 Å². The van der Waals surface area contributed by atoms with Crippen molar-refractivity contribution in [1.29, 1.82) is 0 Å². The highest BCUT2D eigenvalue weighted by Gasteiger charge is 2.29. The molecule has 0 radical (unpaired) electrons. The van der Waals surface area contributed by atoms with E-state index in [1.807, 2.05) is 0 Å². The Hall–Kier alpha value is -1.42. The molecule has 1 amide bonds. The number of carbonyl (C=O) groups excluding carboxylic acids is 1. The maximum absolute atomic E-state index is 13.9. The van der Waals surface area contributed by atoms with Crippen molar-refractivity contribution in [1.82, 2.24) is 4.90 Å². The molecule has 17 heavy (non-hydrogen) atoms. The Morgan fingerprint density at radius 3 is 3.06 bits per heavy atom. The molecule has 92 valence electrons. The Morgan fingerprint density at radius 2 is 2.35 bits per heavy atom. The van der Waals surface area contributed by atoms with Gasteiger partial charge in [-0.2, -0.15) is 0 Å². The van der Waals surface area contributed by atoms with E-state index in [2.05, 4.69) is 0 Å². The Bertz CT molecular complexity index is 433. The SMILES string of the molecule is Cc1cccc(C(=O)N2CCC[C@H]2CN)c1F. The molecule has 1 aromatic rings. The molecule has 2 rings (SSSR count). The van der Waals surface area contributed by atoms with Crippen LogP contribution in [0.3, 0.4) is 0 Å². The van der Waals surface area contributed by atoms with Gasteiger partial charge in [-0.1, -0.05) is 12.1 Å². The largest absolute Gasteiger partial charge is 0.334 e. The summed E-state index contributed by atoms with van der Waals surface area (Å²) in [6.45, 7) is 2.78. The molecule has 3 nitrogen and oxygen atoms in total. The summed E-state index contributed by atoms with van der Waals surface area (Å²) in [5.41, 5.74) is 6.28. The van der Waals surface area contributed by atoms with Crippen molar-refractivity contribution in [2.75, 3.05) is 13.1 Å². The Morgan fingerprint density at radius 1 is 1.59 bits per heavy atom. The van der Waals surface area contributed by atoms with E-state index in [0.717, 1.165) is 12.8 Å². The van der Waals surface area contributed by atoms with Gasteiger partial charge in [-0.3, -0.25) is 4.79 Å². The fraction of sp³-hybridized carbons (Fsp3) is 0.462. The fourth-order valence-electron chi connectivity index (χ4n) is 2.32. The molecule has 0 unspecified atom stereocenters. The molecule has 0 saturated carbocycles. The Labute approximate surface area is 100 Å². The molecule has 0 aliphatic carbocycles. The van der Waals surface area contributed by atoms with Gasteiger partial charge in [0.2, 0.25) is 0 Å². The number of rotatable bonds is 2. The average Bonchev–Trinajstić information content (AvgIpc) is 2.80. The van der Waals surface area contributed by atoms with Crippen molar-refractivity contribution in [3.63, 3.8) is 0 Å². The molecule has 1 fully saturated rings. The first-order valence-corrected chi connectivity index (χ1v) is 5.91. The lowest BCUT2D eigenvalue weighted by atomic mass is 10.1. The zero-order valence-electron chi connectivity index (χ0n) is 9.95. The average molecular weight is 236 g/mol. The van der Waals surface area contributed by atoms with Gasteiger partial charge < -0.3 is 10.6 Å². The third kappa shape index (κ3) is 2.17. The lowest BCUT2D eigenvalue weighted by Crippen LogP contribution is -2.40. The van der Waals surface area contributed by atoms with Crippen molar-refractivity contribution in [2.45, 2.75) is 25.8 Å². The summed E-state index contributed by atoms with van der Waals surface area (Å²) in [5, 5.41) is 0. The number of hydrogen-bond donors (Lipinski definition) is 1. The van der Waals surface area contributed by atoms with E-state index in [-0.39, 0.29) is 17.5 Å². The van der Waals surface area contributed by atoms with Crippen molar-refractivity contribution in [3.8, 4) is 0 Å². The predicted octanol–water partition coefficient (Wildman–Crippen LogP) is 1.70. The van der Waals surface area contributed by atoms with Gasteiger partial charge in [-0.25, -0.2) is 4.39 Å². The second kappa shape index (κ2) is 4.84. The van der Waals surface area contributed by atoms with E-state index in [4.69, 9.17) is 5.73 Å². The lowest BCUT2D eigenvalue weighted by molar-refractivity contribution is 0.0736. The van der Waals surface area contributed by atoms with Crippen LogP contribution in [0.2, 0.25) is 0 Å². The summed E-state index contributed by atoms with van der Waals surface area (Å²) in [6.07, 6.45) is 1.86. The van der Waals surface area contributed by atoms with E-state index in [0.29, 0.717) is 18.7 Å². The van der Waals surface area contributed by atoms with E-state index in [1.165, 1.54) is 6.07 Å². The first-order chi connectivity index (χ1) is 8.15. The van der Waals surface area contributed by atoms with Crippen LogP contribution < -0.4 is 5.73 Å². The first kappa shape index (κ1) is 12.0. The van der Waals surface area contributed by atoms with Crippen LogP contribution in [0.25, 0.3) is 0 Å². The van der Waals surface area contributed by atoms with E-state index >= 15 is 0 Å². The van der Waals surface area contributed by atoms with Crippen LogP contribution in [0.4, 0.5) is 4.39 Å². The maximum atomic E-state index is 13.9. The highest BCUT2D eigenvalue weighted by molar-refractivity contribution is 5.95. The van der Waals surface area contributed by atoms with Crippen LogP contribution in [0, 0.1) is 12.7 Å². The van der Waals surface area contributed by atoms with E-state index in [1.54, 1.807) is 24.0 Å². The molecule has 0 spiro atoms. The maximum Gasteiger partial charge on any atom is 0.257 e. The molecule has 0 aromatic heterocycles. The second-order valence-corrected chi connectivity index (χ2v) is 4.47. The number of benzene rings is 1. The third-order valence-electron chi connectivity index (χ3n) is 3.33. The van der Waals surface area contributed by atoms with Crippen molar-refractivity contribution < 1.29 is 9.18 Å². The molecular weight excluding hydrogens is 219 g/mol. The first-order valence-electron chi connectivity index (χ1n) is 5.91. The molecule has 1 aromatic carbocycles. The number of aryl methyl sites for hydroxylation is 1. The van der Waals surface area contributed by atoms with Gasteiger partial charge in [0.1, 0.15) is 5.82 Å². The number of carbonyl (C=O) groups is 1. The highest BCUT2D eigenvalue weighted by Crippen LogP contribution is 2.21. The number of hydrogen-bond acceptors (Lipinski definition) is 2. The van der Waals surface area contributed by atoms with Gasteiger partial charge in [0.15, 0.2) is 0 Å². The summed E-state index contributed by atoms with van der Waals surface area (Å²) in [6, 6.07) is 4.97. The zero-order chi connectivity index (χ0) is 12.4. The molecule has 1 heterocycles. The van der Waals surface area contributed by atoms with Gasteiger partial charge >= 0.3 is 0 Å². The van der Waals surface area contributed by atoms with Crippen LogP contribution in [0.1, 0.15) is 28.8 Å². The number of amides is 1. The molecule has 2 N–H and O–H groups in total. The standard InChI is InChI=1S/C13H17FN2O/c1-9-4-2-6-11(12(9)14)13(17)16-7-3-5-10(16)8-15/h2,4,6,10H,3,5,7-8,15H2,1H3/t10-/m0/s1. The van der Waals surface area contributed by atoms with Crippen LogP contribution in [-0.4, -0.2) is 29.9 Å². The van der Waals surface area contributed by atoms with Gasteiger partial charge in [0.25, 0.3) is 5.91 Å². The summed E-state index contributed by atoms with van der Waals surface area (Å²) < 4.78 is 13.9. The molecule has 4 heteroatoms. The second-order valence-electron chi connectivity index (χ2n) is 4.47. The highest BCUT2D eigenvalue weighted by atomic mass is 19.1. The number of nitrogens with two attached hydrogens (primary N) is 1. The summed E-state index contributed by atoms with van der Waals surface area (Å²) in [5.74, 6) is -0.653. The van der Waals surface area contributed by atoms with Crippen LogP contribution in [-0.2, 0) is 0 Å². The quantitative estimate of drug-likeness (QED) is 0.849. The van der Waals surface area contributed by atoms with Crippen LogP contribution in [0.5, 0.6) is 0 Å². The zero-order valence-corrected chi connectivity index (χ0v) is 9.95. The van der Waals surface area contributed by atoms with Crippen molar-refractivity contribution in [3.05, 3.63) is 35.1 Å². The molecule has 1 aliphatic heterocycles. The topological polar surface area (TPSA) is 46.3 Å². The fourth-order valence-corrected chi connectivity index (χ4v) is 2.32. The van der Waals surface area contributed by atoms with Gasteiger partial charge in [0, 0.05) is 19.1 Å². The van der Waals surface area contributed by atoms with Gasteiger partial charge in [0.05, 0.1) is 5.56 Å². The van der Waals surface area contributed by atoms with Gasteiger partial charge in [-0.05, 0) is 31.4 Å². The number of likely N-dealkylation sites (tertiary alicyclic amines) is 1. The Balaban J connectivity index is 2.28. The van der Waals surface area contributed by atoms with Crippen LogP contribution >= 0.6 is 0 Å². The Kier molecular flexibility index (Phi) is 3.43. The minimum atomic E-state index is -0.417. The van der Waals surface area contributed by atoms with Crippen molar-refractivity contribution in [2.24, 2.45) is 5.73 Å². The molecule has 1 aliphatic rings. The molecule has 1 atom stereocenters. The van der Waals surface area contributed by atoms with E-state index in [9.17, 15) is 9.18 Å². The smallest absolute Gasteiger partial charge is 0.257 e. The molecular formula is C13H17FN2O. The monoisotopic (exact) mass is 236 g/mol. The lowest BCUT2D eigenvalue weighted by Gasteiger charge is -2.23. The van der Waals surface area contributed by atoms with Gasteiger partial charge in [-0.15, -0.1) is 0 Å². The summed E-state index contributed by atoms with van der Waals surface area (Å²) in [4.78, 5) is 13.9. The minimum absolute atomic E-state index is 0.0578. The normalized spacial score (nSPS) is 19.7. The molecule has 0 bridgehead atoms.